The van der Waals surface area contributed by atoms with Gasteiger partial charge >= 0.3 is 0 Å². The zero-order valence-corrected chi connectivity index (χ0v) is 13.4. The summed E-state index contributed by atoms with van der Waals surface area (Å²) in [6.07, 6.45) is 0. The van der Waals surface area contributed by atoms with Crippen LogP contribution in [0.15, 0.2) is 46.9 Å². The summed E-state index contributed by atoms with van der Waals surface area (Å²) in [7, 11) is 0. The van der Waals surface area contributed by atoms with E-state index >= 15 is 0 Å². The van der Waals surface area contributed by atoms with Crippen LogP contribution in [0.2, 0.25) is 0 Å². The van der Waals surface area contributed by atoms with Gasteiger partial charge in [-0.15, -0.1) is 11.3 Å². The first-order valence-electron chi connectivity index (χ1n) is 6.92. The van der Waals surface area contributed by atoms with E-state index in [4.69, 9.17) is 9.47 Å². The van der Waals surface area contributed by atoms with Crippen LogP contribution < -0.4 is 14.9 Å². The largest absolute Gasteiger partial charge is 0.490 e. The van der Waals surface area contributed by atoms with Gasteiger partial charge in [0.05, 0.1) is 12.3 Å². The maximum Gasteiger partial charge on any atom is 0.277 e. The highest BCUT2D eigenvalue weighted by Gasteiger charge is 2.07. The van der Waals surface area contributed by atoms with Crippen LogP contribution in [-0.4, -0.2) is 24.8 Å². The van der Waals surface area contributed by atoms with E-state index in [9.17, 15) is 4.79 Å². The van der Waals surface area contributed by atoms with Crippen LogP contribution in [0, 0.1) is 0 Å². The molecule has 0 aliphatic heterocycles. The molecule has 0 saturated carbocycles. The van der Waals surface area contributed by atoms with Crippen LogP contribution in [0.5, 0.6) is 11.5 Å². The van der Waals surface area contributed by atoms with E-state index in [1.54, 1.807) is 23.5 Å². The number of nitrogens with one attached hydrogen (secondary N) is 1. The van der Waals surface area contributed by atoms with E-state index in [-0.39, 0.29) is 12.5 Å². The Morgan fingerprint density at radius 2 is 1.91 bits per heavy atom. The van der Waals surface area contributed by atoms with Crippen LogP contribution >= 0.6 is 11.3 Å². The molecule has 5 nitrogen and oxygen atoms in total. The predicted octanol–water partition coefficient (Wildman–Crippen LogP) is 3.07. The maximum absolute atomic E-state index is 11.8. The molecule has 1 heterocycles. The van der Waals surface area contributed by atoms with Gasteiger partial charge in [-0.25, -0.2) is 5.43 Å². The van der Waals surface area contributed by atoms with Gasteiger partial charge in [0.15, 0.2) is 18.1 Å². The second-order valence-corrected chi connectivity index (χ2v) is 5.33. The summed E-state index contributed by atoms with van der Waals surface area (Å²) in [4.78, 5) is 12.8. The number of nitrogens with zero attached hydrogens (tertiary/aromatic N) is 1. The van der Waals surface area contributed by atoms with Gasteiger partial charge in [-0.2, -0.15) is 5.10 Å². The molecule has 1 amide bonds. The minimum absolute atomic E-state index is 0.120. The number of carbonyl (C=O) groups is 1. The molecule has 6 heteroatoms. The number of ether oxygens (including phenoxy) is 2. The first-order valence-corrected chi connectivity index (χ1v) is 7.80. The zero-order valence-electron chi connectivity index (χ0n) is 12.5. The van der Waals surface area contributed by atoms with Crippen molar-refractivity contribution in [1.29, 1.82) is 0 Å². The van der Waals surface area contributed by atoms with E-state index < -0.39 is 0 Å². The van der Waals surface area contributed by atoms with E-state index in [0.717, 1.165) is 10.6 Å². The second-order valence-electron chi connectivity index (χ2n) is 4.38. The third-order valence-corrected chi connectivity index (χ3v) is 3.71. The highest BCUT2D eigenvalue weighted by molar-refractivity contribution is 7.12. The van der Waals surface area contributed by atoms with E-state index in [0.29, 0.717) is 18.1 Å². The van der Waals surface area contributed by atoms with Gasteiger partial charge in [-0.1, -0.05) is 18.2 Å². The Morgan fingerprint density at radius 1 is 1.18 bits per heavy atom. The first kappa shape index (κ1) is 16.0. The van der Waals surface area contributed by atoms with E-state index in [2.05, 4.69) is 10.5 Å². The third kappa shape index (κ3) is 4.60. The van der Waals surface area contributed by atoms with Crippen LogP contribution in [0.3, 0.4) is 0 Å². The van der Waals surface area contributed by atoms with Gasteiger partial charge in [0.2, 0.25) is 0 Å². The Labute approximate surface area is 133 Å². The highest BCUT2D eigenvalue weighted by Crippen LogP contribution is 2.26. The quantitative estimate of drug-likeness (QED) is 0.630. The van der Waals surface area contributed by atoms with Crippen molar-refractivity contribution < 1.29 is 14.3 Å². The molecule has 0 radical (unpaired) electrons. The molecule has 2 aromatic rings. The molecule has 22 heavy (non-hydrogen) atoms. The first-order chi connectivity index (χ1) is 10.7. The van der Waals surface area contributed by atoms with Gasteiger partial charge in [0.1, 0.15) is 0 Å². The summed E-state index contributed by atoms with van der Waals surface area (Å²) < 4.78 is 10.9. The van der Waals surface area contributed by atoms with Gasteiger partial charge in [-0.3, -0.25) is 4.79 Å². The number of hydrogen-bond donors (Lipinski definition) is 1. The van der Waals surface area contributed by atoms with Crippen molar-refractivity contribution in [1.82, 2.24) is 5.43 Å². The Balaban J connectivity index is 1.87. The maximum atomic E-state index is 11.8. The molecule has 116 valence electrons. The molecular weight excluding hydrogens is 300 g/mol. The fourth-order valence-corrected chi connectivity index (χ4v) is 2.38. The molecule has 0 saturated heterocycles. The minimum atomic E-state index is -0.317. The summed E-state index contributed by atoms with van der Waals surface area (Å²) >= 11 is 1.57. The lowest BCUT2D eigenvalue weighted by atomic mass is 10.3. The fourth-order valence-electron chi connectivity index (χ4n) is 1.71. The molecule has 0 bridgehead atoms. The average Bonchev–Trinajstić information content (AvgIpc) is 3.06. The third-order valence-electron chi connectivity index (χ3n) is 2.73. The number of amides is 1. The van der Waals surface area contributed by atoms with Gasteiger partial charge in [0.25, 0.3) is 5.91 Å². The fraction of sp³-hybridized carbons (Fsp3) is 0.250. The molecule has 0 atom stereocenters. The number of benzene rings is 1. The van der Waals surface area contributed by atoms with Crippen molar-refractivity contribution in [3.63, 3.8) is 0 Å². The Kier molecular flexibility index (Phi) is 5.97. The van der Waals surface area contributed by atoms with Crippen molar-refractivity contribution in [2.75, 3.05) is 13.2 Å². The minimum Gasteiger partial charge on any atom is -0.490 e. The molecular formula is C16H18N2O3S. The molecule has 2 rings (SSSR count). The van der Waals surface area contributed by atoms with Crippen molar-refractivity contribution in [3.05, 3.63) is 46.7 Å². The topological polar surface area (TPSA) is 59.9 Å². The number of thiophene rings is 1. The zero-order chi connectivity index (χ0) is 15.8. The number of carbonyl (C=O) groups excluding carboxylic acids is 1. The van der Waals surface area contributed by atoms with Crippen LogP contribution in [0.4, 0.5) is 0 Å². The lowest BCUT2D eigenvalue weighted by Gasteiger charge is -2.10. The second kappa shape index (κ2) is 8.19. The number of para-hydroxylation sites is 2. The molecule has 0 unspecified atom stereocenters. The van der Waals surface area contributed by atoms with Gasteiger partial charge in [-0.05, 0) is 37.4 Å². The molecule has 0 fully saturated rings. The van der Waals surface area contributed by atoms with Crippen LogP contribution in [0.25, 0.3) is 0 Å². The smallest absolute Gasteiger partial charge is 0.277 e. The summed E-state index contributed by atoms with van der Waals surface area (Å²) in [5, 5.41) is 6.02. The number of hydrogen-bond acceptors (Lipinski definition) is 5. The Morgan fingerprint density at radius 3 is 2.55 bits per heavy atom. The highest BCUT2D eigenvalue weighted by atomic mass is 32.1. The number of rotatable bonds is 7. The predicted molar refractivity (Wildman–Crippen MR) is 87.8 cm³/mol. The van der Waals surface area contributed by atoms with E-state index in [1.807, 2.05) is 43.5 Å². The molecule has 1 aromatic carbocycles. The molecule has 1 aromatic heterocycles. The van der Waals surface area contributed by atoms with Gasteiger partial charge < -0.3 is 9.47 Å². The lowest BCUT2D eigenvalue weighted by molar-refractivity contribution is -0.123. The standard InChI is InChI=1S/C16H18N2O3S/c1-3-20-13-7-4-5-8-14(13)21-11-16(19)18-17-12(2)15-9-6-10-22-15/h4-10H,3,11H2,1-2H3,(H,18,19). The normalized spacial score (nSPS) is 11.1. The monoisotopic (exact) mass is 318 g/mol. The number of hydrazone groups is 1. The summed E-state index contributed by atoms with van der Waals surface area (Å²) in [6, 6.07) is 11.1. The van der Waals surface area contributed by atoms with E-state index in [1.165, 1.54) is 0 Å². The summed E-state index contributed by atoms with van der Waals surface area (Å²) in [5.74, 6) is 0.844. The van der Waals surface area contributed by atoms with Crippen molar-refractivity contribution >= 4 is 23.0 Å². The summed E-state index contributed by atoms with van der Waals surface area (Å²) in [5.41, 5.74) is 3.24. The van der Waals surface area contributed by atoms with Crippen LogP contribution in [-0.2, 0) is 4.79 Å². The van der Waals surface area contributed by atoms with Crippen molar-refractivity contribution in [2.45, 2.75) is 13.8 Å². The Bertz CT molecular complexity index is 639. The van der Waals surface area contributed by atoms with Crippen molar-refractivity contribution in [2.24, 2.45) is 5.10 Å². The molecule has 0 aliphatic rings. The molecule has 0 aliphatic carbocycles. The van der Waals surface area contributed by atoms with Crippen molar-refractivity contribution in [3.8, 4) is 11.5 Å². The SMILES string of the molecule is CCOc1ccccc1OCC(=O)NN=C(C)c1cccs1. The summed E-state index contributed by atoms with van der Waals surface area (Å²) in [6.45, 7) is 4.16. The molecule has 1 N–H and O–H groups in total. The lowest BCUT2D eigenvalue weighted by Crippen LogP contribution is -2.25. The molecule has 0 spiro atoms. The Hall–Kier alpha value is -2.34. The van der Waals surface area contributed by atoms with Crippen LogP contribution in [0.1, 0.15) is 18.7 Å². The van der Waals surface area contributed by atoms with Gasteiger partial charge in [0, 0.05) is 4.88 Å². The average molecular weight is 318 g/mol.